The molecule has 0 fully saturated rings. The topological polar surface area (TPSA) is 146 Å². The molecule has 1 aromatic rings. The summed E-state index contributed by atoms with van der Waals surface area (Å²) >= 11 is 0. The molecular weight excluding hydrogens is 498 g/mol. The summed E-state index contributed by atoms with van der Waals surface area (Å²) in [5.41, 5.74) is 11.6. The van der Waals surface area contributed by atoms with Crippen LogP contribution in [0.3, 0.4) is 0 Å². The third-order valence-corrected chi connectivity index (χ3v) is 7.07. The largest absolute Gasteiger partial charge is 0.493 e. The van der Waals surface area contributed by atoms with Crippen molar-refractivity contribution < 1.29 is 39.9 Å². The molecule has 9 nitrogen and oxygen atoms in total. The van der Waals surface area contributed by atoms with E-state index in [1.165, 1.54) is 19.2 Å². The summed E-state index contributed by atoms with van der Waals surface area (Å²) < 4.78 is 77.5. The van der Waals surface area contributed by atoms with E-state index in [2.05, 4.69) is 10.1 Å². The van der Waals surface area contributed by atoms with Crippen molar-refractivity contribution in [2.75, 3.05) is 33.8 Å². The number of nitrogens with two attached hydrogens (primary N) is 2. The van der Waals surface area contributed by atoms with Crippen LogP contribution >= 0.6 is 0 Å². The van der Waals surface area contributed by atoms with E-state index in [-0.39, 0.29) is 48.1 Å². The van der Waals surface area contributed by atoms with E-state index >= 15 is 0 Å². The van der Waals surface area contributed by atoms with Crippen LogP contribution in [0.15, 0.2) is 18.2 Å². The van der Waals surface area contributed by atoms with Crippen LogP contribution in [0, 0.1) is 29.1 Å². The van der Waals surface area contributed by atoms with Gasteiger partial charge in [0.15, 0.2) is 11.5 Å². The average molecular weight is 560 g/mol. The Morgan fingerprint density at radius 3 is 2.38 bits per heavy atom. The van der Waals surface area contributed by atoms with Crippen molar-refractivity contribution in [2.45, 2.75) is 79.3 Å². The fourth-order valence-electron chi connectivity index (χ4n) is 4.10. The normalized spacial score (nSPS) is 19.3. The van der Waals surface area contributed by atoms with E-state index < -0.39 is 55.9 Å². The molecule has 6 N–H and O–H groups in total. The zero-order valence-corrected chi connectivity index (χ0v) is 24.2. The van der Waals surface area contributed by atoms with Crippen LogP contribution in [0.25, 0.3) is 0 Å². The first-order valence-corrected chi connectivity index (χ1v) is 13.2. The van der Waals surface area contributed by atoms with Crippen molar-refractivity contribution in [2.24, 2.45) is 40.6 Å². The maximum atomic E-state index is 13.0. The number of aliphatic hydroxyl groups excluding tert-OH is 1. The highest BCUT2D eigenvalue weighted by Crippen LogP contribution is 2.32. The molecule has 1 rings (SSSR count). The highest BCUT2D eigenvalue weighted by Gasteiger charge is 2.32. The van der Waals surface area contributed by atoms with E-state index in [4.69, 9.17) is 31.9 Å². The number of rotatable bonds is 19. The maximum absolute atomic E-state index is 13.0. The fraction of sp³-hybridized carbons (Fsp3) is 0.733. The van der Waals surface area contributed by atoms with Crippen LogP contribution in [0.5, 0.6) is 11.5 Å². The van der Waals surface area contributed by atoms with Gasteiger partial charge in [0, 0.05) is 41.2 Å². The molecule has 0 heterocycles. The quantitative estimate of drug-likeness (QED) is 0.203. The van der Waals surface area contributed by atoms with Crippen LogP contribution in [-0.2, 0) is 20.7 Å². The van der Waals surface area contributed by atoms with Gasteiger partial charge >= 0.3 is 0 Å². The minimum absolute atomic E-state index is 0.0548. The Balaban J connectivity index is 3.15. The molecule has 2 amide bonds. The summed E-state index contributed by atoms with van der Waals surface area (Å²) in [5, 5.41) is 13.8. The van der Waals surface area contributed by atoms with Gasteiger partial charge < -0.3 is 36.1 Å². The van der Waals surface area contributed by atoms with E-state index in [1.807, 2.05) is 27.7 Å². The minimum Gasteiger partial charge on any atom is -0.493 e. The Hall–Kier alpha value is -2.36. The lowest BCUT2D eigenvalue weighted by Gasteiger charge is -2.30. The third-order valence-electron chi connectivity index (χ3n) is 7.07. The van der Waals surface area contributed by atoms with Gasteiger partial charge in [-0.2, -0.15) is 0 Å². The van der Waals surface area contributed by atoms with Crippen molar-refractivity contribution in [1.82, 2.24) is 5.32 Å². The molecule has 0 aromatic heterocycles. The number of carbonyl (C=O) groups is 2. The number of primary amides is 1. The van der Waals surface area contributed by atoms with Crippen LogP contribution in [-0.4, -0.2) is 62.9 Å². The van der Waals surface area contributed by atoms with E-state index in [0.29, 0.717) is 18.4 Å². The van der Waals surface area contributed by atoms with E-state index in [0.717, 1.165) is 0 Å². The van der Waals surface area contributed by atoms with Gasteiger partial charge in [-0.25, -0.2) is 0 Å². The first-order valence-electron chi connectivity index (χ1n) is 17.3. The zero-order chi connectivity index (χ0) is 36.7. The fourth-order valence-corrected chi connectivity index (χ4v) is 4.10. The van der Waals surface area contributed by atoms with E-state index in [1.54, 1.807) is 19.9 Å². The average Bonchev–Trinajstić information content (AvgIpc) is 2.92. The van der Waals surface area contributed by atoms with Gasteiger partial charge in [0.25, 0.3) is 0 Å². The van der Waals surface area contributed by atoms with Gasteiger partial charge in [0.1, 0.15) is 0 Å². The molecule has 0 spiro atoms. The lowest BCUT2D eigenvalue weighted by molar-refractivity contribution is -0.130. The standard InChI is InChI=1S/C30H53N3O6/c1-19(2)22(14-21-10-11-26(38-8)27(15-21)39-13-9-12-37-7)16-24(31)25(34)17-23(20(3)4)28(35)33-18-30(5,6)29(32)36/h10-11,15,19-20,22-25,34H,9,12-14,16-18,31H2,1-8H3,(H2,32,36)(H,33,35)/t22-,23-,24-,25-/m0/s1/i7D2,9D2,12D2,13D2. The second-order valence-corrected chi connectivity index (χ2v) is 11.3. The molecule has 0 aliphatic heterocycles. The molecule has 0 saturated carbocycles. The van der Waals surface area contributed by atoms with Gasteiger partial charge in [-0.05, 0) is 68.6 Å². The Bertz CT molecular complexity index is 1190. The zero-order valence-electron chi connectivity index (χ0n) is 32.2. The number of benzene rings is 1. The number of carbonyl (C=O) groups excluding carboxylic acids is 2. The molecule has 39 heavy (non-hydrogen) atoms. The molecular formula is C30H53N3O6. The van der Waals surface area contributed by atoms with Crippen molar-refractivity contribution in [3.05, 3.63) is 23.8 Å². The number of aliphatic hydroxyl groups is 1. The molecule has 4 atom stereocenters. The molecule has 0 bridgehead atoms. The highest BCUT2D eigenvalue weighted by molar-refractivity contribution is 5.83. The summed E-state index contributed by atoms with van der Waals surface area (Å²) in [5.74, 6) is -1.72. The summed E-state index contributed by atoms with van der Waals surface area (Å²) in [6, 6.07) is 3.97. The van der Waals surface area contributed by atoms with Crippen LogP contribution < -0.4 is 26.3 Å². The first kappa shape index (κ1) is 23.4. The summed E-state index contributed by atoms with van der Waals surface area (Å²) in [6.45, 7) is 4.30. The Morgan fingerprint density at radius 2 is 1.82 bits per heavy atom. The van der Waals surface area contributed by atoms with Crippen LogP contribution in [0.2, 0.25) is 0 Å². The van der Waals surface area contributed by atoms with Gasteiger partial charge in [-0.15, -0.1) is 0 Å². The van der Waals surface area contributed by atoms with Crippen LogP contribution in [0.1, 0.15) is 77.3 Å². The molecule has 0 aliphatic carbocycles. The molecule has 0 aliphatic rings. The highest BCUT2D eigenvalue weighted by atomic mass is 16.5. The van der Waals surface area contributed by atoms with Gasteiger partial charge in [0.05, 0.1) is 33.4 Å². The number of nitrogens with one attached hydrogen (secondary N) is 1. The van der Waals surface area contributed by atoms with Crippen molar-refractivity contribution in [3.63, 3.8) is 0 Å². The smallest absolute Gasteiger partial charge is 0.224 e. The molecule has 0 radical (unpaired) electrons. The SMILES string of the molecule is [2H]C([2H])OC([2H])([2H])C([2H])([2H])C([2H])([2H])Oc1cc(C[C@@H](C[C@H](N)[C@@H](O)C[C@H](C(=O)NCC(C)(C)C(N)=O)C(C)C)C(C)C)ccc1OC. The van der Waals surface area contributed by atoms with E-state index in [9.17, 15) is 14.7 Å². The number of methoxy groups -OCH3 is 2. The molecule has 224 valence electrons. The Morgan fingerprint density at radius 1 is 1.13 bits per heavy atom. The molecule has 1 aromatic carbocycles. The number of hydrogen-bond donors (Lipinski definition) is 4. The predicted octanol–water partition coefficient (Wildman–Crippen LogP) is 3.29. The second kappa shape index (κ2) is 16.7. The lowest BCUT2D eigenvalue weighted by Crippen LogP contribution is -2.46. The second-order valence-electron chi connectivity index (χ2n) is 11.3. The lowest BCUT2D eigenvalue weighted by atomic mass is 9.80. The molecule has 0 unspecified atom stereocenters. The first-order chi connectivity index (χ1) is 21.3. The van der Waals surface area contributed by atoms with Crippen LogP contribution in [0.4, 0.5) is 0 Å². The predicted molar refractivity (Wildman–Crippen MR) is 155 cm³/mol. The third kappa shape index (κ3) is 11.7. The molecule has 9 heteroatoms. The van der Waals surface area contributed by atoms with Gasteiger partial charge in [-0.1, -0.05) is 33.8 Å². The van der Waals surface area contributed by atoms with Crippen molar-refractivity contribution in [3.8, 4) is 11.5 Å². The van der Waals surface area contributed by atoms with Crippen molar-refractivity contribution in [1.29, 1.82) is 0 Å². The summed E-state index contributed by atoms with van der Waals surface area (Å²) in [7, 11) is -0.902. The minimum atomic E-state index is -3.45. The Kier molecular flexibility index (Phi) is 9.99. The summed E-state index contributed by atoms with van der Waals surface area (Å²) in [6.07, 6.45) is -3.61. The van der Waals surface area contributed by atoms with Crippen molar-refractivity contribution >= 4 is 11.8 Å². The van der Waals surface area contributed by atoms with Gasteiger partial charge in [0.2, 0.25) is 11.8 Å². The maximum Gasteiger partial charge on any atom is 0.224 e. The molecule has 0 saturated heterocycles. The van der Waals surface area contributed by atoms with Gasteiger partial charge in [-0.3, -0.25) is 9.59 Å². The number of amides is 2. The number of hydrogen-bond acceptors (Lipinski definition) is 7. The number of ether oxygens (including phenoxy) is 3. The Labute approximate surface area is 246 Å². The monoisotopic (exact) mass is 559 g/mol. The summed E-state index contributed by atoms with van der Waals surface area (Å²) in [4.78, 5) is 24.7.